The Balaban J connectivity index is 2.61. The van der Waals surface area contributed by atoms with E-state index in [9.17, 15) is 4.79 Å². The van der Waals surface area contributed by atoms with E-state index in [1.165, 1.54) is 0 Å². The Morgan fingerprint density at radius 2 is 2.40 bits per heavy atom. The third kappa shape index (κ3) is 1.74. The van der Waals surface area contributed by atoms with Crippen molar-refractivity contribution in [2.45, 2.75) is 6.92 Å². The van der Waals surface area contributed by atoms with Gasteiger partial charge in [-0.15, -0.1) is 0 Å². The molecule has 4 nitrogen and oxygen atoms in total. The molecule has 2 heterocycles. The maximum absolute atomic E-state index is 11.7. The van der Waals surface area contributed by atoms with Crippen LogP contribution < -0.4 is 0 Å². The van der Waals surface area contributed by atoms with Crippen molar-refractivity contribution < 1.29 is 9.53 Å². The number of ether oxygens (including phenoxy) is 1. The highest BCUT2D eigenvalue weighted by Crippen LogP contribution is 2.19. The average Bonchev–Trinajstić information content (AvgIpc) is 2.65. The maximum Gasteiger partial charge on any atom is 0.356 e. The Labute approximate surface area is 95.0 Å². The van der Waals surface area contributed by atoms with Crippen molar-refractivity contribution in [1.82, 2.24) is 9.38 Å². The Morgan fingerprint density at radius 3 is 3.13 bits per heavy atom. The topological polar surface area (TPSA) is 43.6 Å². The molecular formula is C10H9BrN2O2. The second kappa shape index (κ2) is 4.02. The summed E-state index contributed by atoms with van der Waals surface area (Å²) in [7, 11) is 0. The van der Waals surface area contributed by atoms with Gasteiger partial charge >= 0.3 is 5.97 Å². The van der Waals surface area contributed by atoms with E-state index in [-0.39, 0.29) is 5.97 Å². The zero-order valence-electron chi connectivity index (χ0n) is 8.11. The Hall–Kier alpha value is -1.36. The van der Waals surface area contributed by atoms with Crippen molar-refractivity contribution in [2.24, 2.45) is 0 Å². The van der Waals surface area contributed by atoms with E-state index >= 15 is 0 Å². The predicted octanol–water partition coefficient (Wildman–Crippen LogP) is 2.27. The second-order valence-corrected chi connectivity index (χ2v) is 3.79. The second-order valence-electron chi connectivity index (χ2n) is 2.94. The fourth-order valence-corrected chi connectivity index (χ4v) is 1.85. The molecule has 78 valence electrons. The molecule has 0 N–H and O–H groups in total. The lowest BCUT2D eigenvalue weighted by atomic mass is 10.3. The lowest BCUT2D eigenvalue weighted by Gasteiger charge is -2.06. The van der Waals surface area contributed by atoms with Crippen molar-refractivity contribution in [3.05, 3.63) is 34.8 Å². The number of rotatable bonds is 2. The summed E-state index contributed by atoms with van der Waals surface area (Å²) >= 11 is 3.32. The molecule has 0 aliphatic carbocycles. The molecule has 2 rings (SSSR count). The van der Waals surface area contributed by atoms with Crippen LogP contribution in [-0.4, -0.2) is 22.0 Å². The van der Waals surface area contributed by atoms with Crippen molar-refractivity contribution in [1.29, 1.82) is 0 Å². The van der Waals surface area contributed by atoms with Crippen LogP contribution in [0, 0.1) is 0 Å². The molecule has 2 aromatic heterocycles. The number of esters is 1. The number of hydrogen-bond donors (Lipinski definition) is 0. The van der Waals surface area contributed by atoms with Crippen LogP contribution in [-0.2, 0) is 4.74 Å². The average molecular weight is 269 g/mol. The van der Waals surface area contributed by atoms with Crippen LogP contribution in [0.3, 0.4) is 0 Å². The molecule has 15 heavy (non-hydrogen) atoms. The number of hydrogen-bond acceptors (Lipinski definition) is 3. The van der Waals surface area contributed by atoms with E-state index in [0.29, 0.717) is 16.8 Å². The molecule has 0 atom stereocenters. The van der Waals surface area contributed by atoms with Crippen molar-refractivity contribution in [3.8, 4) is 0 Å². The molecule has 0 spiro atoms. The van der Waals surface area contributed by atoms with Gasteiger partial charge in [0.1, 0.15) is 5.69 Å². The van der Waals surface area contributed by atoms with Gasteiger partial charge < -0.3 is 4.74 Å². The van der Waals surface area contributed by atoms with E-state index in [0.717, 1.165) is 5.52 Å². The molecule has 0 amide bonds. The third-order valence-electron chi connectivity index (χ3n) is 2.00. The predicted molar refractivity (Wildman–Crippen MR) is 58.8 cm³/mol. The van der Waals surface area contributed by atoms with Gasteiger partial charge in [-0.1, -0.05) is 0 Å². The first-order chi connectivity index (χ1) is 7.24. The summed E-state index contributed by atoms with van der Waals surface area (Å²) in [6, 6.07) is 3.68. The van der Waals surface area contributed by atoms with Gasteiger partial charge in [0, 0.05) is 4.47 Å². The number of imidazole rings is 1. The van der Waals surface area contributed by atoms with Crippen LogP contribution in [0.4, 0.5) is 0 Å². The molecule has 0 bridgehead atoms. The van der Waals surface area contributed by atoms with Crippen molar-refractivity contribution in [2.75, 3.05) is 6.61 Å². The minimum atomic E-state index is -0.354. The highest BCUT2D eigenvalue weighted by atomic mass is 79.9. The summed E-state index contributed by atoms with van der Waals surface area (Å²) in [5.74, 6) is -0.354. The minimum Gasteiger partial charge on any atom is -0.461 e. The largest absolute Gasteiger partial charge is 0.461 e. The van der Waals surface area contributed by atoms with Gasteiger partial charge in [0.2, 0.25) is 0 Å². The van der Waals surface area contributed by atoms with E-state index in [4.69, 9.17) is 4.74 Å². The summed E-state index contributed by atoms with van der Waals surface area (Å²) in [5.41, 5.74) is 1.33. The van der Waals surface area contributed by atoms with Gasteiger partial charge in [-0.05, 0) is 35.0 Å². The molecule has 0 radical (unpaired) electrons. The summed E-state index contributed by atoms with van der Waals surface area (Å²) in [6.07, 6.45) is 3.28. The molecule has 0 aliphatic heterocycles. The lowest BCUT2D eigenvalue weighted by molar-refractivity contribution is 0.0516. The Kier molecular flexibility index (Phi) is 2.73. The normalized spacial score (nSPS) is 10.5. The number of halogens is 1. The number of pyridine rings is 1. The minimum absolute atomic E-state index is 0.354. The molecule has 5 heteroatoms. The number of aromatic nitrogens is 2. The van der Waals surface area contributed by atoms with Gasteiger partial charge in [-0.25, -0.2) is 9.78 Å². The van der Waals surface area contributed by atoms with Crippen LogP contribution in [0.5, 0.6) is 0 Å². The molecule has 0 fully saturated rings. The quantitative estimate of drug-likeness (QED) is 0.785. The van der Waals surface area contributed by atoms with Crippen LogP contribution in [0.1, 0.15) is 17.4 Å². The standard InChI is InChI=1S/C10H9BrN2O2/c1-2-15-10(14)9-8(11)4-3-7-5-12-6-13(7)9/h3-6H,2H2,1H3. The molecule has 2 aromatic rings. The zero-order chi connectivity index (χ0) is 10.8. The maximum atomic E-state index is 11.7. The highest BCUT2D eigenvalue weighted by Gasteiger charge is 2.15. The molecule has 0 aromatic carbocycles. The molecule has 0 unspecified atom stereocenters. The first kappa shape index (κ1) is 10.2. The number of nitrogens with zero attached hydrogens (tertiary/aromatic N) is 2. The van der Waals surface area contributed by atoms with E-state index in [2.05, 4.69) is 20.9 Å². The van der Waals surface area contributed by atoms with Crippen molar-refractivity contribution >= 4 is 27.4 Å². The number of carbonyl (C=O) groups is 1. The first-order valence-electron chi connectivity index (χ1n) is 4.51. The lowest BCUT2D eigenvalue weighted by Crippen LogP contribution is -2.10. The number of fused-ring (bicyclic) bond motifs is 1. The van der Waals surface area contributed by atoms with E-state index < -0.39 is 0 Å². The van der Waals surface area contributed by atoms with Crippen molar-refractivity contribution in [3.63, 3.8) is 0 Å². The van der Waals surface area contributed by atoms with Crippen LogP contribution >= 0.6 is 15.9 Å². The van der Waals surface area contributed by atoms with Gasteiger partial charge in [0.25, 0.3) is 0 Å². The summed E-state index contributed by atoms with van der Waals surface area (Å²) in [4.78, 5) is 15.7. The van der Waals surface area contributed by atoms with Crippen LogP contribution in [0.2, 0.25) is 0 Å². The smallest absolute Gasteiger partial charge is 0.356 e. The monoisotopic (exact) mass is 268 g/mol. The summed E-state index contributed by atoms with van der Waals surface area (Å²) < 4.78 is 7.37. The van der Waals surface area contributed by atoms with E-state index in [1.807, 2.05) is 12.1 Å². The third-order valence-corrected chi connectivity index (χ3v) is 2.64. The van der Waals surface area contributed by atoms with Gasteiger partial charge in [-0.2, -0.15) is 0 Å². The SMILES string of the molecule is CCOC(=O)c1c(Br)ccc2cncn12. The zero-order valence-corrected chi connectivity index (χ0v) is 9.69. The molecular weight excluding hydrogens is 260 g/mol. The van der Waals surface area contributed by atoms with E-state index in [1.54, 1.807) is 23.8 Å². The van der Waals surface area contributed by atoms with Crippen LogP contribution in [0.25, 0.3) is 5.52 Å². The highest BCUT2D eigenvalue weighted by molar-refractivity contribution is 9.10. The summed E-state index contributed by atoms with van der Waals surface area (Å²) in [5, 5.41) is 0. The van der Waals surface area contributed by atoms with Crippen LogP contribution in [0.15, 0.2) is 29.1 Å². The first-order valence-corrected chi connectivity index (χ1v) is 5.31. The fourth-order valence-electron chi connectivity index (χ4n) is 1.36. The molecule has 0 saturated carbocycles. The van der Waals surface area contributed by atoms with Gasteiger partial charge in [0.15, 0.2) is 0 Å². The molecule has 0 aliphatic rings. The number of carbonyl (C=O) groups excluding carboxylic acids is 1. The summed E-state index contributed by atoms with van der Waals surface area (Å²) in [6.45, 7) is 2.14. The van der Waals surface area contributed by atoms with Gasteiger partial charge in [0.05, 0.1) is 24.6 Å². The Morgan fingerprint density at radius 1 is 1.60 bits per heavy atom. The fraction of sp³-hybridized carbons (Fsp3) is 0.200. The molecule has 0 saturated heterocycles. The van der Waals surface area contributed by atoms with Gasteiger partial charge in [-0.3, -0.25) is 4.40 Å². The Bertz CT molecular complexity index is 507.